The first-order chi connectivity index (χ1) is 6.08. The van der Waals surface area contributed by atoms with Crippen molar-refractivity contribution < 1.29 is 9.31 Å². The predicted molar refractivity (Wildman–Crippen MR) is 59.6 cm³/mol. The zero-order chi connectivity index (χ0) is 9.73. The number of hydrogen-bond donors (Lipinski definition) is 0. The van der Waals surface area contributed by atoms with Crippen LogP contribution in [0.1, 0.15) is 6.42 Å². The topological polar surface area (TPSA) is 18.5 Å². The lowest BCUT2D eigenvalue weighted by molar-refractivity contribution is 0.136. The van der Waals surface area contributed by atoms with Gasteiger partial charge >= 0.3 is 7.12 Å². The van der Waals surface area contributed by atoms with E-state index in [-0.39, 0.29) is 7.12 Å². The number of rotatable bonds is 3. The van der Waals surface area contributed by atoms with Gasteiger partial charge in [0.15, 0.2) is 0 Å². The second-order valence-corrected chi connectivity index (χ2v) is 9.59. The van der Waals surface area contributed by atoms with E-state index in [2.05, 4.69) is 31.4 Å². The second-order valence-electron chi connectivity index (χ2n) is 4.53. The van der Waals surface area contributed by atoms with E-state index in [0.29, 0.717) is 0 Å². The Hall–Kier alpha value is -0.0582. The standard InChI is InChI=1S/C9H19BO2Si/c1-13(2,3)9-4-6-10-11-7-5-8-12-10/h4,9H,5-8H2,1-3H3/b9-4+. The summed E-state index contributed by atoms with van der Waals surface area (Å²) in [6.45, 7) is 8.68. The lowest BCUT2D eigenvalue weighted by atomic mass is 9.84. The van der Waals surface area contributed by atoms with Gasteiger partial charge in [0.1, 0.15) is 0 Å². The molecule has 0 aromatic rings. The van der Waals surface area contributed by atoms with Crippen LogP contribution in [-0.2, 0) is 9.31 Å². The van der Waals surface area contributed by atoms with E-state index in [0.717, 1.165) is 26.0 Å². The molecule has 0 saturated carbocycles. The summed E-state index contributed by atoms with van der Waals surface area (Å²) in [5.74, 6) is 0. The molecule has 0 aliphatic carbocycles. The van der Waals surface area contributed by atoms with Crippen molar-refractivity contribution in [3.8, 4) is 0 Å². The minimum Gasteiger partial charge on any atom is -0.411 e. The lowest BCUT2D eigenvalue weighted by Gasteiger charge is -2.18. The maximum atomic E-state index is 5.43. The summed E-state index contributed by atoms with van der Waals surface area (Å²) < 4.78 is 10.9. The Morgan fingerprint density at radius 2 is 1.85 bits per heavy atom. The van der Waals surface area contributed by atoms with Gasteiger partial charge in [-0.1, -0.05) is 31.4 Å². The van der Waals surface area contributed by atoms with Gasteiger partial charge in [0.2, 0.25) is 0 Å². The number of hydrogen-bond acceptors (Lipinski definition) is 2. The Bertz CT molecular complexity index is 171. The monoisotopic (exact) mass is 198 g/mol. The molecule has 0 unspecified atom stereocenters. The van der Waals surface area contributed by atoms with Gasteiger partial charge in [-0.25, -0.2) is 0 Å². The smallest absolute Gasteiger partial charge is 0.411 e. The molecule has 0 amide bonds. The summed E-state index contributed by atoms with van der Waals surface area (Å²) in [6, 6.07) is 0. The first-order valence-corrected chi connectivity index (χ1v) is 8.56. The molecule has 1 aliphatic heterocycles. The third-order valence-corrected chi connectivity index (χ3v) is 3.08. The van der Waals surface area contributed by atoms with E-state index < -0.39 is 8.07 Å². The molecular weight excluding hydrogens is 179 g/mol. The van der Waals surface area contributed by atoms with Gasteiger partial charge in [-0.2, -0.15) is 0 Å². The van der Waals surface area contributed by atoms with Gasteiger partial charge in [0.25, 0.3) is 0 Å². The number of allylic oxidation sites excluding steroid dienone is 1. The van der Waals surface area contributed by atoms with Crippen molar-refractivity contribution in [1.82, 2.24) is 0 Å². The quantitative estimate of drug-likeness (QED) is 0.648. The van der Waals surface area contributed by atoms with Crippen LogP contribution in [0, 0.1) is 0 Å². The summed E-state index contributed by atoms with van der Waals surface area (Å²) in [7, 11) is -1.02. The molecule has 1 rings (SSSR count). The predicted octanol–water partition coefficient (Wildman–Crippen LogP) is 2.35. The summed E-state index contributed by atoms with van der Waals surface area (Å²) in [5, 5.41) is 0. The molecule has 0 atom stereocenters. The Balaban J connectivity index is 2.21. The van der Waals surface area contributed by atoms with Gasteiger partial charge in [-0.05, 0) is 12.7 Å². The van der Waals surface area contributed by atoms with Crippen LogP contribution in [-0.4, -0.2) is 28.4 Å². The highest BCUT2D eigenvalue weighted by molar-refractivity contribution is 6.81. The van der Waals surface area contributed by atoms with Crippen molar-refractivity contribution >= 4 is 15.2 Å². The molecule has 1 aliphatic rings. The average molecular weight is 198 g/mol. The lowest BCUT2D eigenvalue weighted by Crippen LogP contribution is -2.29. The first-order valence-electron chi connectivity index (χ1n) is 4.99. The zero-order valence-electron chi connectivity index (χ0n) is 8.88. The Labute approximate surface area is 82.5 Å². The van der Waals surface area contributed by atoms with Crippen LogP contribution in [0.4, 0.5) is 0 Å². The zero-order valence-corrected chi connectivity index (χ0v) is 9.88. The van der Waals surface area contributed by atoms with Crippen LogP contribution in [0.15, 0.2) is 11.8 Å². The normalized spacial score (nSPS) is 19.8. The van der Waals surface area contributed by atoms with E-state index in [1.807, 2.05) is 0 Å². The van der Waals surface area contributed by atoms with Crippen molar-refractivity contribution in [2.45, 2.75) is 32.4 Å². The highest BCUT2D eigenvalue weighted by Crippen LogP contribution is 2.08. The fourth-order valence-corrected chi connectivity index (χ4v) is 2.05. The Morgan fingerprint density at radius 3 is 2.38 bits per heavy atom. The van der Waals surface area contributed by atoms with Crippen LogP contribution in [0.3, 0.4) is 0 Å². The molecule has 0 spiro atoms. The highest BCUT2D eigenvalue weighted by atomic mass is 28.3. The molecule has 1 fully saturated rings. The fraction of sp³-hybridized carbons (Fsp3) is 0.778. The van der Waals surface area contributed by atoms with E-state index in [1.165, 1.54) is 0 Å². The first kappa shape index (κ1) is 11.0. The van der Waals surface area contributed by atoms with E-state index in [4.69, 9.17) is 9.31 Å². The van der Waals surface area contributed by atoms with Crippen LogP contribution < -0.4 is 0 Å². The van der Waals surface area contributed by atoms with E-state index in [1.54, 1.807) is 0 Å². The van der Waals surface area contributed by atoms with Crippen LogP contribution >= 0.6 is 0 Å². The van der Waals surface area contributed by atoms with Crippen molar-refractivity contribution in [3.05, 3.63) is 11.8 Å². The summed E-state index contributed by atoms with van der Waals surface area (Å²) in [6.07, 6.45) is 4.15. The summed E-state index contributed by atoms with van der Waals surface area (Å²) >= 11 is 0. The molecule has 0 aromatic heterocycles. The molecule has 4 heteroatoms. The van der Waals surface area contributed by atoms with Crippen LogP contribution in [0.5, 0.6) is 0 Å². The van der Waals surface area contributed by atoms with Crippen molar-refractivity contribution in [2.24, 2.45) is 0 Å². The van der Waals surface area contributed by atoms with Gasteiger partial charge < -0.3 is 9.31 Å². The third-order valence-electron chi connectivity index (χ3n) is 1.84. The molecule has 0 N–H and O–H groups in total. The molecule has 1 heterocycles. The van der Waals surface area contributed by atoms with Crippen LogP contribution in [0.2, 0.25) is 26.0 Å². The van der Waals surface area contributed by atoms with Gasteiger partial charge in [0.05, 0.1) is 8.07 Å². The van der Waals surface area contributed by atoms with E-state index in [9.17, 15) is 0 Å². The molecule has 13 heavy (non-hydrogen) atoms. The van der Waals surface area contributed by atoms with Gasteiger partial charge in [-0.3, -0.25) is 0 Å². The van der Waals surface area contributed by atoms with Gasteiger partial charge in [0, 0.05) is 13.2 Å². The average Bonchev–Trinajstić information content (AvgIpc) is 2.04. The Kier molecular flexibility index (Phi) is 4.22. The second kappa shape index (κ2) is 4.98. The SMILES string of the molecule is C[Si](C)(C)/C=C/CB1OCCCO1. The maximum absolute atomic E-state index is 5.43. The summed E-state index contributed by atoms with van der Waals surface area (Å²) in [5.41, 5.74) is 2.34. The minimum atomic E-state index is -1.03. The molecule has 1 saturated heterocycles. The fourth-order valence-electron chi connectivity index (χ4n) is 1.21. The summed E-state index contributed by atoms with van der Waals surface area (Å²) in [4.78, 5) is 0. The molecule has 2 nitrogen and oxygen atoms in total. The highest BCUT2D eigenvalue weighted by Gasteiger charge is 2.19. The molecule has 0 bridgehead atoms. The largest absolute Gasteiger partial charge is 0.460 e. The Morgan fingerprint density at radius 1 is 1.23 bits per heavy atom. The van der Waals surface area contributed by atoms with Gasteiger partial charge in [-0.15, -0.1) is 0 Å². The van der Waals surface area contributed by atoms with E-state index >= 15 is 0 Å². The van der Waals surface area contributed by atoms with Crippen LogP contribution in [0.25, 0.3) is 0 Å². The van der Waals surface area contributed by atoms with Crippen molar-refractivity contribution in [1.29, 1.82) is 0 Å². The van der Waals surface area contributed by atoms with Crippen molar-refractivity contribution in [3.63, 3.8) is 0 Å². The molecule has 0 aromatic carbocycles. The van der Waals surface area contributed by atoms with Crippen molar-refractivity contribution in [2.75, 3.05) is 13.2 Å². The molecule has 74 valence electrons. The maximum Gasteiger partial charge on any atom is 0.460 e. The third kappa shape index (κ3) is 5.29. The molecule has 0 radical (unpaired) electrons. The molecular formula is C9H19BO2Si. The minimum absolute atomic E-state index is 0.0151.